The molecule has 1 aromatic heterocycles. The van der Waals surface area contributed by atoms with Crippen LogP contribution >= 0.6 is 23.7 Å². The van der Waals surface area contributed by atoms with E-state index in [1.54, 1.807) is 12.1 Å². The first-order chi connectivity index (χ1) is 41.9. The summed E-state index contributed by atoms with van der Waals surface area (Å²) >= 11 is 1.23. The van der Waals surface area contributed by atoms with Crippen LogP contribution in [0, 0.1) is 5.92 Å². The van der Waals surface area contributed by atoms with Gasteiger partial charge in [-0.15, -0.1) is 14.5 Å². The van der Waals surface area contributed by atoms with Crippen LogP contribution in [0.5, 0.6) is 11.5 Å². The van der Waals surface area contributed by atoms with Crippen LogP contribution in [0.2, 0.25) is 0 Å². The zero-order valence-corrected chi connectivity index (χ0v) is 52.0. The van der Waals surface area contributed by atoms with Gasteiger partial charge in [-0.05, 0) is 80.3 Å². The minimum atomic E-state index is -2.54. The summed E-state index contributed by atoms with van der Waals surface area (Å²) in [7, 11) is 0. The van der Waals surface area contributed by atoms with Crippen LogP contribution in [0.15, 0.2) is 66.7 Å². The van der Waals surface area contributed by atoms with Gasteiger partial charge in [0.15, 0.2) is 11.5 Å². The predicted octanol–water partition coefficient (Wildman–Crippen LogP) is -6.95. The van der Waals surface area contributed by atoms with Gasteiger partial charge in [0.05, 0.1) is 36.9 Å². The Hall–Kier alpha value is -6.67. The number of rotatable bonds is 16. The van der Waals surface area contributed by atoms with Gasteiger partial charge in [-0.3, -0.25) is 43.4 Å². The van der Waals surface area contributed by atoms with Crippen molar-refractivity contribution in [3.05, 3.63) is 77.9 Å². The Labute approximate surface area is 538 Å². The number of aromatic nitrogens is 2. The molecule has 0 spiro atoms. The molecule has 476 valence electrons. The number of aromatic hydroxyl groups is 1. The van der Waals surface area contributed by atoms with Crippen molar-refractivity contribution in [1.29, 1.82) is 0 Å². The van der Waals surface area contributed by atoms with Crippen molar-refractivity contribution in [2.45, 2.75) is 131 Å². The molecule has 0 saturated carbocycles. The Morgan fingerprint density at radius 2 is 1.40 bits per heavy atom. The number of hydrogen-bond acceptors (Lipinski definition) is 25. The maximum absolute atomic E-state index is 14.7. The fraction of sp³-hybridized carbons (Fsp3) is 0.491. The van der Waals surface area contributed by atoms with Crippen molar-refractivity contribution in [2.75, 3.05) is 37.6 Å². The maximum Gasteiger partial charge on any atom is 1.00 e. The summed E-state index contributed by atoms with van der Waals surface area (Å²) < 4.78 is 9.05. The zero-order valence-electron chi connectivity index (χ0n) is 48.3. The van der Waals surface area contributed by atoms with E-state index < -0.39 is 183 Å². The second kappa shape index (κ2) is 31.4. The number of aliphatic hydroxyl groups excluding tert-OH is 7. The number of nitrogens with one attached hydrogen (secondary N) is 5. The Morgan fingerprint density at radius 3 is 2.03 bits per heavy atom. The van der Waals surface area contributed by atoms with Crippen LogP contribution in [0.25, 0.3) is 21.1 Å². The molecule has 8 amide bonds. The molecule has 8 rings (SSSR count). The van der Waals surface area contributed by atoms with Crippen molar-refractivity contribution < 1.29 is 128 Å². The molecular weight excluding hydrogens is 1220 g/mol. The quantitative estimate of drug-likeness (QED) is 0.0163. The minimum Gasteiger partial charge on any atom is -0.691 e. The SMILES string of the molecule is CC(O)C1NC(=O)[C@@H](NC(=O)c2ccc(-c3nnc(-c4ccc(N5CCCCC5)cc4)s3)cc2)CC(O)CNC(=O)C2C(O)C(C)CN2C(=O)C(C(O)CC(N)=O)NC(=O)C(C(O)C(O)c2ccc(O)c(OSOO[O-])c2)NC(=O)C2CC(O)CN2C1=O.[Na+]. The summed E-state index contributed by atoms with van der Waals surface area (Å²) in [6.45, 7) is 2.67. The van der Waals surface area contributed by atoms with E-state index in [4.69, 9.17) is 9.92 Å². The number of anilines is 1. The van der Waals surface area contributed by atoms with Crippen LogP contribution in [-0.2, 0) is 42.9 Å². The summed E-state index contributed by atoms with van der Waals surface area (Å²) in [5.41, 5.74) is 7.58. The Kier molecular flexibility index (Phi) is 24.6. The standard InChI is InChI=1S/C55H69N11O20S2.Na/c1-25-23-66-43(44(25)73)51(80)57-22-32(68)19-34(58-47(76)27-6-8-28(9-7-27)52-62-63-53(87-52)29-10-13-31(14-11-29)64-16-4-3-5-17-64)48(77)59-40(26(2)67)54(81)65-24-33(69)20-35(65)49(78)61-42(50(79)60-41(55(66)82)37(71)21-39(56)72)46(75)45(74)30-12-15-36(70)38(18-30)84-88-86-85-83;/h6-15,18,25-26,32-35,37,40-46,67-71,73-75,83H,3-5,16-17,19-24H2,1-2H3,(H2,56,72)(H,57,80)(H,58,76)(H,59,77)(H,60,79)(H,61,78);/q;+1/p-1/t25?,26?,32?,33?,34-,35?,37?,40?,41?,42?,43?,44?,45?,46?;/m0./s1. The Bertz CT molecular complexity index is 3170. The van der Waals surface area contributed by atoms with Crippen molar-refractivity contribution in [3.63, 3.8) is 0 Å². The number of phenolic OH excluding ortho intramolecular Hbond substituents is 1. The molecule has 4 aliphatic heterocycles. The van der Waals surface area contributed by atoms with Gasteiger partial charge in [0, 0.05) is 73.9 Å². The number of primary amides is 1. The number of hydrogen-bond donors (Lipinski definition) is 14. The molecule has 15 N–H and O–H groups in total. The molecule has 13 unspecified atom stereocenters. The number of phenols is 1. The zero-order chi connectivity index (χ0) is 63.7. The predicted molar refractivity (Wildman–Crippen MR) is 305 cm³/mol. The Balaban J connectivity index is 0.0000113. The molecule has 4 aliphatic rings. The largest absolute Gasteiger partial charge is 1.00 e. The van der Waals surface area contributed by atoms with Gasteiger partial charge in [0.25, 0.3) is 18.2 Å². The van der Waals surface area contributed by atoms with E-state index in [2.05, 4.69) is 51.1 Å². The first kappa shape index (κ1) is 69.8. The topological polar surface area (TPSA) is 471 Å². The summed E-state index contributed by atoms with van der Waals surface area (Å²) in [5, 5.41) is 125. The minimum absolute atomic E-state index is 0. The second-order valence-electron chi connectivity index (χ2n) is 21.9. The Morgan fingerprint density at radius 1 is 0.787 bits per heavy atom. The number of carbonyl (C=O) groups is 8. The molecule has 3 aromatic carbocycles. The van der Waals surface area contributed by atoms with Gasteiger partial charge >= 0.3 is 29.6 Å². The van der Waals surface area contributed by atoms with E-state index >= 15 is 0 Å². The third-order valence-electron chi connectivity index (χ3n) is 15.6. The number of carbonyl (C=O) groups excluding carboxylic acids is 8. The number of nitrogens with zero attached hydrogens (tertiary/aromatic N) is 5. The molecule has 0 radical (unpaired) electrons. The normalized spacial score (nSPS) is 26.4. The number of fused-ring (bicyclic) bond motifs is 2. The average Bonchev–Trinajstić information content (AvgIpc) is 2.15. The summed E-state index contributed by atoms with van der Waals surface area (Å²) in [6, 6.07) is 4.71. The summed E-state index contributed by atoms with van der Waals surface area (Å²) in [6.07, 6.45) is -12.7. The van der Waals surface area contributed by atoms with Crippen molar-refractivity contribution in [3.8, 4) is 32.6 Å². The summed E-state index contributed by atoms with van der Waals surface area (Å²) in [4.78, 5) is 117. The fourth-order valence-electron chi connectivity index (χ4n) is 10.9. The molecule has 5 heterocycles. The molecule has 4 saturated heterocycles. The molecule has 4 fully saturated rings. The van der Waals surface area contributed by atoms with E-state index in [-0.39, 0.29) is 53.0 Å². The average molecular weight is 1290 g/mol. The molecule has 31 nitrogen and oxygen atoms in total. The molecule has 14 atom stereocenters. The van der Waals surface area contributed by atoms with Crippen molar-refractivity contribution >= 4 is 76.6 Å². The first-order valence-corrected chi connectivity index (χ1v) is 29.5. The smallest absolute Gasteiger partial charge is 0.691 e. The van der Waals surface area contributed by atoms with Crippen LogP contribution in [0.3, 0.4) is 0 Å². The second-order valence-corrected chi connectivity index (χ2v) is 23.3. The molecular formula is C55H68N11NaO20S2. The maximum atomic E-state index is 14.7. The van der Waals surface area contributed by atoms with Crippen molar-refractivity contribution in [2.24, 2.45) is 11.7 Å². The number of amides is 8. The van der Waals surface area contributed by atoms with Gasteiger partial charge in [0.2, 0.25) is 41.4 Å². The van der Waals surface area contributed by atoms with Crippen LogP contribution < -0.4 is 76.2 Å². The van der Waals surface area contributed by atoms with E-state index in [0.29, 0.717) is 15.6 Å². The molecule has 0 aliphatic carbocycles. The number of aliphatic hydroxyl groups is 7. The van der Waals surface area contributed by atoms with E-state index in [1.807, 2.05) is 24.3 Å². The third kappa shape index (κ3) is 17.0. The monoisotopic (exact) mass is 1290 g/mol. The van der Waals surface area contributed by atoms with Crippen molar-refractivity contribution in [1.82, 2.24) is 46.6 Å². The van der Waals surface area contributed by atoms with Crippen LogP contribution in [0.4, 0.5) is 5.69 Å². The summed E-state index contributed by atoms with van der Waals surface area (Å²) in [5.74, 6) is -12.0. The molecule has 34 heteroatoms. The third-order valence-corrected chi connectivity index (χ3v) is 17.0. The van der Waals surface area contributed by atoms with E-state index in [0.717, 1.165) is 72.1 Å². The van der Waals surface area contributed by atoms with Gasteiger partial charge in [-0.25, -0.2) is 0 Å². The van der Waals surface area contributed by atoms with Gasteiger partial charge in [-0.1, -0.05) is 36.5 Å². The molecule has 4 aromatic rings. The van der Waals surface area contributed by atoms with Gasteiger partial charge < -0.3 is 97.3 Å². The van der Waals surface area contributed by atoms with E-state index in [9.17, 15) is 84.5 Å². The van der Waals surface area contributed by atoms with Crippen LogP contribution in [-0.4, -0.2) is 214 Å². The number of benzene rings is 3. The van der Waals surface area contributed by atoms with Gasteiger partial charge in [-0.2, -0.15) is 0 Å². The number of β-amino-alcohol motifs (C(OH)–C–C–N with tert-alkyl or cyclic N) is 1. The van der Waals surface area contributed by atoms with E-state index in [1.165, 1.54) is 36.8 Å². The molecule has 89 heavy (non-hydrogen) atoms. The van der Waals surface area contributed by atoms with Gasteiger partial charge in [0.1, 0.15) is 58.5 Å². The number of nitrogens with two attached hydrogens (primary N) is 1. The fourth-order valence-corrected chi connectivity index (χ4v) is 12.0. The number of piperidine rings is 1. The van der Waals surface area contributed by atoms with Crippen LogP contribution in [0.1, 0.15) is 74.4 Å². The first-order valence-electron chi connectivity index (χ1n) is 28.0. The molecule has 0 bridgehead atoms.